The second-order valence-electron chi connectivity index (χ2n) is 1.60. The van der Waals surface area contributed by atoms with E-state index in [1.807, 2.05) is 25.2 Å². The molecule has 0 aromatic rings. The number of rotatable bonds is 3. The topological polar surface area (TPSA) is 0 Å². The fourth-order valence-electron chi connectivity index (χ4n) is 0.400. The lowest BCUT2D eigenvalue weighted by atomic mass is 10.3. The van der Waals surface area contributed by atoms with E-state index < -0.39 is 0 Å². The van der Waals surface area contributed by atoms with E-state index in [1.165, 1.54) is 0 Å². The third-order valence-corrected chi connectivity index (χ3v) is 1.19. The summed E-state index contributed by atoms with van der Waals surface area (Å²) in [6.45, 7) is 5.50. The zero-order valence-corrected chi connectivity index (χ0v) is 6.36. The van der Waals surface area contributed by atoms with Crippen molar-refractivity contribution in [2.45, 2.75) is 13.3 Å². The Balaban J connectivity index is 3.56. The van der Waals surface area contributed by atoms with Crippen molar-refractivity contribution >= 4 is 11.6 Å². The summed E-state index contributed by atoms with van der Waals surface area (Å²) in [5.74, 6) is 0. The van der Waals surface area contributed by atoms with Gasteiger partial charge in [-0.1, -0.05) is 42.5 Å². The largest absolute Gasteiger partial charge is 0.0976 e. The van der Waals surface area contributed by atoms with E-state index in [1.54, 1.807) is 6.08 Å². The van der Waals surface area contributed by atoms with Crippen molar-refractivity contribution in [1.82, 2.24) is 0 Å². The summed E-state index contributed by atoms with van der Waals surface area (Å²) < 4.78 is 0. The van der Waals surface area contributed by atoms with Crippen molar-refractivity contribution in [3.05, 3.63) is 35.9 Å². The van der Waals surface area contributed by atoms with Gasteiger partial charge in [-0.25, -0.2) is 0 Å². The highest BCUT2D eigenvalue weighted by molar-refractivity contribution is 6.31. The molecule has 0 aromatic carbocycles. The van der Waals surface area contributed by atoms with Crippen LogP contribution >= 0.6 is 11.6 Å². The molecule has 0 aromatic heterocycles. The molecule has 0 aliphatic carbocycles. The van der Waals surface area contributed by atoms with Gasteiger partial charge in [0.2, 0.25) is 0 Å². The predicted molar refractivity (Wildman–Crippen MR) is 43.6 cm³/mol. The van der Waals surface area contributed by atoms with E-state index in [4.69, 9.17) is 11.6 Å². The normalized spacial score (nSPS) is 12.4. The molecule has 1 heteroatoms. The third kappa shape index (κ3) is 5.38. The maximum Gasteiger partial charge on any atom is 0.0363 e. The average Bonchev–Trinajstić information content (AvgIpc) is 1.89. The Morgan fingerprint density at radius 2 is 2.33 bits per heavy atom. The molecule has 0 radical (unpaired) electrons. The van der Waals surface area contributed by atoms with E-state index >= 15 is 0 Å². The van der Waals surface area contributed by atoms with Crippen LogP contribution in [0.1, 0.15) is 13.3 Å². The summed E-state index contributed by atoms with van der Waals surface area (Å²) >= 11 is 5.61. The molecule has 0 aliphatic heterocycles. The van der Waals surface area contributed by atoms with Crippen LogP contribution in [0.25, 0.3) is 0 Å². The molecule has 0 bridgehead atoms. The van der Waals surface area contributed by atoms with E-state index in [0.717, 1.165) is 6.42 Å². The molecular weight excluding hydrogens is 132 g/mol. The van der Waals surface area contributed by atoms with E-state index in [0.29, 0.717) is 5.03 Å². The van der Waals surface area contributed by atoms with Gasteiger partial charge >= 0.3 is 0 Å². The van der Waals surface area contributed by atoms with E-state index in [-0.39, 0.29) is 0 Å². The molecule has 0 saturated heterocycles. The van der Waals surface area contributed by atoms with Crippen LogP contribution in [-0.2, 0) is 0 Å². The summed E-state index contributed by atoms with van der Waals surface area (Å²) in [5.41, 5.74) is 0. The summed E-state index contributed by atoms with van der Waals surface area (Å²) in [4.78, 5) is 0. The monoisotopic (exact) mass is 142 g/mol. The lowest BCUT2D eigenvalue weighted by Crippen LogP contribution is -1.61. The minimum absolute atomic E-state index is 0.716. The molecule has 0 aliphatic rings. The Labute approximate surface area is 61.5 Å². The van der Waals surface area contributed by atoms with E-state index in [2.05, 4.69) is 6.58 Å². The minimum atomic E-state index is 0.716. The summed E-state index contributed by atoms with van der Waals surface area (Å²) in [6.07, 6.45) is 8.45. The number of hydrogen-bond donors (Lipinski definition) is 0. The summed E-state index contributed by atoms with van der Waals surface area (Å²) in [6, 6.07) is 0. The van der Waals surface area contributed by atoms with Crippen molar-refractivity contribution in [2.24, 2.45) is 0 Å². The second kappa shape index (κ2) is 5.64. The Morgan fingerprint density at radius 1 is 1.67 bits per heavy atom. The Bertz CT molecular complexity index is 132. The zero-order chi connectivity index (χ0) is 7.11. The van der Waals surface area contributed by atoms with Crippen molar-refractivity contribution in [1.29, 1.82) is 0 Å². The van der Waals surface area contributed by atoms with Gasteiger partial charge in [-0.2, -0.15) is 0 Å². The molecule has 0 unspecified atom stereocenters. The molecule has 50 valence electrons. The molecule has 0 fully saturated rings. The Hall–Kier alpha value is -0.490. The number of allylic oxidation sites excluding steroid dienone is 5. The van der Waals surface area contributed by atoms with Gasteiger partial charge < -0.3 is 0 Å². The molecule has 9 heavy (non-hydrogen) atoms. The van der Waals surface area contributed by atoms with Crippen molar-refractivity contribution in [2.75, 3.05) is 0 Å². The summed E-state index contributed by atoms with van der Waals surface area (Å²) in [7, 11) is 0. The first-order chi connectivity index (χ1) is 4.31. The van der Waals surface area contributed by atoms with Crippen molar-refractivity contribution in [3.8, 4) is 0 Å². The van der Waals surface area contributed by atoms with Gasteiger partial charge in [0.1, 0.15) is 0 Å². The van der Waals surface area contributed by atoms with Gasteiger partial charge in [0.25, 0.3) is 0 Å². The quantitative estimate of drug-likeness (QED) is 0.419. The van der Waals surface area contributed by atoms with Crippen LogP contribution in [0.5, 0.6) is 0 Å². The van der Waals surface area contributed by atoms with Crippen LogP contribution in [0, 0.1) is 0 Å². The van der Waals surface area contributed by atoms with Crippen LogP contribution < -0.4 is 0 Å². The predicted octanol–water partition coefficient (Wildman–Crippen LogP) is 3.26. The minimum Gasteiger partial charge on any atom is -0.0976 e. The highest BCUT2D eigenvalue weighted by Crippen LogP contribution is 2.02. The van der Waals surface area contributed by atoms with Gasteiger partial charge in [0.15, 0.2) is 0 Å². The van der Waals surface area contributed by atoms with Crippen LogP contribution in [0.15, 0.2) is 35.9 Å². The van der Waals surface area contributed by atoms with Gasteiger partial charge in [-0.15, -0.1) is 0 Å². The summed E-state index contributed by atoms with van der Waals surface area (Å²) in [5, 5.41) is 0.716. The van der Waals surface area contributed by atoms with E-state index in [9.17, 15) is 0 Å². The maximum atomic E-state index is 5.61. The molecule has 0 spiro atoms. The Morgan fingerprint density at radius 3 is 2.78 bits per heavy atom. The van der Waals surface area contributed by atoms with Crippen LogP contribution in [0.2, 0.25) is 0 Å². The fourth-order valence-corrected chi connectivity index (χ4v) is 0.489. The lowest BCUT2D eigenvalue weighted by Gasteiger charge is -1.83. The average molecular weight is 143 g/mol. The molecular formula is C8H11Cl. The van der Waals surface area contributed by atoms with Crippen molar-refractivity contribution < 1.29 is 0 Å². The second-order valence-corrected chi connectivity index (χ2v) is 2.03. The van der Waals surface area contributed by atoms with Gasteiger partial charge in [0.05, 0.1) is 0 Å². The van der Waals surface area contributed by atoms with Crippen LogP contribution in [0.4, 0.5) is 0 Å². The number of halogens is 1. The zero-order valence-electron chi connectivity index (χ0n) is 5.60. The Kier molecular flexibility index (Phi) is 5.34. The molecule has 0 saturated carbocycles. The highest BCUT2D eigenvalue weighted by atomic mass is 35.5. The first-order valence-electron chi connectivity index (χ1n) is 2.90. The molecule has 0 N–H and O–H groups in total. The van der Waals surface area contributed by atoms with Gasteiger partial charge in [-0.3, -0.25) is 0 Å². The van der Waals surface area contributed by atoms with Crippen LogP contribution in [-0.4, -0.2) is 0 Å². The molecule has 0 amide bonds. The third-order valence-electron chi connectivity index (χ3n) is 0.880. The first-order valence-corrected chi connectivity index (χ1v) is 3.28. The SMILES string of the molecule is C=C/C(Cl)=C\C/C=C\C. The highest BCUT2D eigenvalue weighted by Gasteiger charge is 1.77. The lowest BCUT2D eigenvalue weighted by molar-refractivity contribution is 1.37. The standard InChI is InChI=1S/C8H11Cl/c1-3-5-6-7-8(9)4-2/h3-5,7H,2,6H2,1H3/b5-3-,8-7+. The fraction of sp³-hybridized carbons (Fsp3) is 0.250. The molecule has 0 heterocycles. The van der Waals surface area contributed by atoms with Gasteiger partial charge in [-0.05, 0) is 13.3 Å². The van der Waals surface area contributed by atoms with Crippen molar-refractivity contribution in [3.63, 3.8) is 0 Å². The molecule has 0 nitrogen and oxygen atoms in total. The number of hydrogen-bond acceptors (Lipinski definition) is 0. The molecule has 0 rings (SSSR count). The molecule has 0 atom stereocenters. The van der Waals surface area contributed by atoms with Gasteiger partial charge in [0, 0.05) is 5.03 Å². The first kappa shape index (κ1) is 8.51. The van der Waals surface area contributed by atoms with Crippen LogP contribution in [0.3, 0.4) is 0 Å². The maximum absolute atomic E-state index is 5.61. The smallest absolute Gasteiger partial charge is 0.0363 e.